The molecule has 0 bridgehead atoms. The molecule has 7 nitrogen and oxygen atoms in total. The van der Waals surface area contributed by atoms with Gasteiger partial charge in [-0.25, -0.2) is 0 Å². The van der Waals surface area contributed by atoms with E-state index in [1.165, 1.54) is 11.7 Å². The highest BCUT2D eigenvalue weighted by Gasteiger charge is 2.37. The average molecular weight is 447 g/mol. The van der Waals surface area contributed by atoms with E-state index in [2.05, 4.69) is 10.2 Å². The monoisotopic (exact) mass is 447 g/mol. The molecule has 2 aromatic heterocycles. The van der Waals surface area contributed by atoms with E-state index in [-0.39, 0.29) is 11.9 Å². The Bertz CT molecular complexity index is 1200. The van der Waals surface area contributed by atoms with E-state index >= 15 is 0 Å². The van der Waals surface area contributed by atoms with Crippen LogP contribution < -0.4 is 4.74 Å². The van der Waals surface area contributed by atoms with Gasteiger partial charge < -0.3 is 9.64 Å². The molecule has 3 heterocycles. The first-order valence-corrected chi connectivity index (χ1v) is 10.2. The summed E-state index contributed by atoms with van der Waals surface area (Å²) in [5.41, 5.74) is 2.90. The van der Waals surface area contributed by atoms with Gasteiger partial charge in [-0.3, -0.25) is 14.2 Å². The molecule has 1 unspecified atom stereocenters. The predicted molar refractivity (Wildman–Crippen MR) is 111 cm³/mol. The predicted octanol–water partition coefficient (Wildman–Crippen LogP) is 3.92. The molecule has 1 aromatic carbocycles. The van der Waals surface area contributed by atoms with Crippen molar-refractivity contribution in [3.8, 4) is 17.1 Å². The molecule has 170 valence electrons. The number of fused-ring (bicyclic) bond motifs is 1. The van der Waals surface area contributed by atoms with Crippen LogP contribution in [0.25, 0.3) is 11.4 Å². The van der Waals surface area contributed by atoms with Crippen molar-refractivity contribution in [2.24, 2.45) is 14.1 Å². The normalized spacial score (nSPS) is 16.2. The number of carbonyl (C=O) groups is 1. The second-order valence-electron chi connectivity index (χ2n) is 7.98. The summed E-state index contributed by atoms with van der Waals surface area (Å²) in [6.45, 7) is 4.17. The second kappa shape index (κ2) is 7.68. The number of amides is 1. The molecule has 1 amide bonds. The van der Waals surface area contributed by atoms with Crippen molar-refractivity contribution >= 4 is 5.91 Å². The Balaban J connectivity index is 1.69. The van der Waals surface area contributed by atoms with Gasteiger partial charge in [0.15, 0.2) is 5.69 Å². The van der Waals surface area contributed by atoms with Crippen molar-refractivity contribution in [2.45, 2.75) is 32.5 Å². The number of hydrogen-bond donors (Lipinski definition) is 0. The largest absolute Gasteiger partial charge is 0.497 e. The summed E-state index contributed by atoms with van der Waals surface area (Å²) in [7, 11) is 4.75. The van der Waals surface area contributed by atoms with Crippen LogP contribution in [0.4, 0.5) is 13.2 Å². The lowest BCUT2D eigenvalue weighted by Crippen LogP contribution is -2.39. The van der Waals surface area contributed by atoms with Crippen LogP contribution in [0.3, 0.4) is 0 Å². The summed E-state index contributed by atoms with van der Waals surface area (Å²) in [5, 5.41) is 8.21. The highest BCUT2D eigenvalue weighted by Crippen LogP contribution is 2.38. The number of methoxy groups -OCH3 is 1. The standard InChI is InChI=1S/C22H24F3N5O2/c1-12-10-14(32-5)6-7-15(12)21(31)30-9-8-16-19(13(30)2)27-29(4)20(16)17-11-18(22(23,24)25)26-28(17)3/h6-7,10-11,13H,8-9H2,1-5H3. The number of carbonyl (C=O) groups excluding carboxylic acids is 1. The fourth-order valence-corrected chi connectivity index (χ4v) is 4.33. The Labute approximate surface area is 183 Å². The fraction of sp³-hybridized carbons (Fsp3) is 0.409. The van der Waals surface area contributed by atoms with Crippen LogP contribution >= 0.6 is 0 Å². The SMILES string of the molecule is COc1ccc(C(=O)N2CCc3c(nn(C)c3-c3cc(C(F)(F)F)nn3C)C2C)c(C)c1. The topological polar surface area (TPSA) is 65.2 Å². The maximum Gasteiger partial charge on any atom is 0.435 e. The fourth-order valence-electron chi connectivity index (χ4n) is 4.33. The van der Waals surface area contributed by atoms with Gasteiger partial charge >= 0.3 is 6.18 Å². The summed E-state index contributed by atoms with van der Waals surface area (Å²) in [5.74, 6) is 0.562. The minimum absolute atomic E-state index is 0.115. The first-order chi connectivity index (χ1) is 15.0. The van der Waals surface area contributed by atoms with Crippen LogP contribution in [-0.2, 0) is 26.7 Å². The van der Waals surface area contributed by atoms with Crippen LogP contribution in [0.15, 0.2) is 24.3 Å². The number of ether oxygens (including phenoxy) is 1. The molecule has 1 aliphatic heterocycles. The molecule has 0 saturated heterocycles. The Morgan fingerprint density at radius 2 is 1.88 bits per heavy atom. The van der Waals surface area contributed by atoms with Crippen LogP contribution in [0.5, 0.6) is 5.75 Å². The molecular formula is C22H24F3N5O2. The summed E-state index contributed by atoms with van der Waals surface area (Å²) >= 11 is 0. The lowest BCUT2D eigenvalue weighted by atomic mass is 9.96. The third-order valence-corrected chi connectivity index (χ3v) is 5.98. The molecule has 10 heteroatoms. The van der Waals surface area contributed by atoms with Gasteiger partial charge in [0, 0.05) is 31.8 Å². The number of rotatable bonds is 3. The van der Waals surface area contributed by atoms with Gasteiger partial charge in [-0.15, -0.1) is 0 Å². The van der Waals surface area contributed by atoms with Crippen LogP contribution in [0.2, 0.25) is 0 Å². The minimum Gasteiger partial charge on any atom is -0.497 e. The Morgan fingerprint density at radius 3 is 2.47 bits per heavy atom. The third kappa shape index (κ3) is 3.53. The molecule has 0 saturated carbocycles. The first-order valence-electron chi connectivity index (χ1n) is 10.2. The van der Waals surface area contributed by atoms with Crippen molar-refractivity contribution in [1.82, 2.24) is 24.5 Å². The first kappa shape index (κ1) is 21.9. The van der Waals surface area contributed by atoms with Gasteiger partial charge in [0.1, 0.15) is 5.75 Å². The Kier molecular flexibility index (Phi) is 5.26. The van der Waals surface area contributed by atoms with E-state index in [0.717, 1.165) is 17.2 Å². The summed E-state index contributed by atoms with van der Waals surface area (Å²) < 4.78 is 47.5. The van der Waals surface area contributed by atoms with Gasteiger partial charge in [-0.05, 0) is 50.1 Å². The van der Waals surface area contributed by atoms with Gasteiger partial charge in [-0.1, -0.05) is 0 Å². The van der Waals surface area contributed by atoms with E-state index in [0.29, 0.717) is 41.4 Å². The van der Waals surface area contributed by atoms with E-state index in [1.807, 2.05) is 19.9 Å². The molecule has 1 atom stereocenters. The number of benzene rings is 1. The zero-order chi connectivity index (χ0) is 23.4. The number of aryl methyl sites for hydroxylation is 3. The van der Waals surface area contributed by atoms with E-state index in [9.17, 15) is 18.0 Å². The number of hydrogen-bond acceptors (Lipinski definition) is 4. The van der Waals surface area contributed by atoms with Gasteiger partial charge in [-0.2, -0.15) is 23.4 Å². The number of alkyl halides is 3. The zero-order valence-electron chi connectivity index (χ0n) is 18.5. The molecule has 0 fully saturated rings. The van der Waals surface area contributed by atoms with Crippen molar-refractivity contribution < 1.29 is 22.7 Å². The molecule has 32 heavy (non-hydrogen) atoms. The maximum atomic E-state index is 13.3. The van der Waals surface area contributed by atoms with E-state index in [1.54, 1.807) is 35.9 Å². The molecule has 3 aromatic rings. The Morgan fingerprint density at radius 1 is 1.16 bits per heavy atom. The molecule has 1 aliphatic rings. The van der Waals surface area contributed by atoms with Crippen molar-refractivity contribution in [3.05, 3.63) is 52.3 Å². The maximum absolute atomic E-state index is 13.3. The zero-order valence-corrected chi connectivity index (χ0v) is 18.5. The molecule has 0 spiro atoms. The molecular weight excluding hydrogens is 423 g/mol. The number of halogens is 3. The minimum atomic E-state index is -4.53. The van der Waals surface area contributed by atoms with Gasteiger partial charge in [0.25, 0.3) is 5.91 Å². The lowest BCUT2D eigenvalue weighted by Gasteiger charge is -2.33. The molecule has 4 rings (SSSR count). The highest BCUT2D eigenvalue weighted by atomic mass is 19.4. The quantitative estimate of drug-likeness (QED) is 0.611. The second-order valence-corrected chi connectivity index (χ2v) is 7.98. The summed E-state index contributed by atoms with van der Waals surface area (Å²) in [6.07, 6.45) is -4.04. The molecule has 0 N–H and O–H groups in total. The number of aromatic nitrogens is 4. The third-order valence-electron chi connectivity index (χ3n) is 5.98. The highest BCUT2D eigenvalue weighted by molar-refractivity contribution is 5.96. The van der Waals surface area contributed by atoms with Gasteiger partial charge in [0.05, 0.1) is 30.2 Å². The molecule has 0 radical (unpaired) electrons. The van der Waals surface area contributed by atoms with Crippen LogP contribution in [0.1, 0.15) is 45.8 Å². The van der Waals surface area contributed by atoms with Crippen molar-refractivity contribution in [2.75, 3.05) is 13.7 Å². The Hall–Kier alpha value is -3.30. The summed E-state index contributed by atoms with van der Waals surface area (Å²) in [4.78, 5) is 15.0. The van der Waals surface area contributed by atoms with Crippen LogP contribution in [-0.4, -0.2) is 44.0 Å². The number of nitrogens with zero attached hydrogens (tertiary/aromatic N) is 5. The summed E-state index contributed by atoms with van der Waals surface area (Å²) in [6, 6.07) is 6.02. The molecule has 0 aliphatic carbocycles. The van der Waals surface area contributed by atoms with Crippen molar-refractivity contribution in [3.63, 3.8) is 0 Å². The van der Waals surface area contributed by atoms with E-state index in [4.69, 9.17) is 4.74 Å². The van der Waals surface area contributed by atoms with Crippen molar-refractivity contribution in [1.29, 1.82) is 0 Å². The van der Waals surface area contributed by atoms with E-state index < -0.39 is 11.9 Å². The van der Waals surface area contributed by atoms with Gasteiger partial charge in [0.2, 0.25) is 0 Å². The smallest absolute Gasteiger partial charge is 0.435 e. The lowest BCUT2D eigenvalue weighted by molar-refractivity contribution is -0.141. The average Bonchev–Trinajstić information content (AvgIpc) is 3.27. The van der Waals surface area contributed by atoms with Crippen LogP contribution in [0, 0.1) is 6.92 Å².